The lowest BCUT2D eigenvalue weighted by atomic mass is 9.97. The van der Waals surface area contributed by atoms with Gasteiger partial charge in [0.05, 0.1) is 13.2 Å². The molecule has 0 aliphatic carbocycles. The van der Waals surface area contributed by atoms with Crippen LogP contribution in [-0.2, 0) is 29.1 Å². The number of nitrogens with one attached hydrogen (secondary N) is 1. The molecule has 0 saturated carbocycles. The molecular formula is C16H20N2O4. The molecule has 0 spiro atoms. The van der Waals surface area contributed by atoms with Gasteiger partial charge in [-0.25, -0.2) is 9.59 Å². The second-order valence-corrected chi connectivity index (χ2v) is 5.71. The average molecular weight is 304 g/mol. The molecule has 0 radical (unpaired) electrons. The van der Waals surface area contributed by atoms with Gasteiger partial charge in [-0.3, -0.25) is 0 Å². The second kappa shape index (κ2) is 6.36. The number of nitrogens with zero attached hydrogens (tertiary/aromatic N) is 1. The number of amides is 2. The lowest BCUT2D eigenvalue weighted by Gasteiger charge is -2.23. The first-order chi connectivity index (χ1) is 10.7. The van der Waals surface area contributed by atoms with Gasteiger partial charge in [-0.2, -0.15) is 0 Å². The van der Waals surface area contributed by atoms with Crippen molar-refractivity contribution in [1.29, 1.82) is 0 Å². The summed E-state index contributed by atoms with van der Waals surface area (Å²) in [6.07, 6.45) is 2.12. The molecule has 3 rings (SSSR count). The van der Waals surface area contributed by atoms with Crippen molar-refractivity contribution in [3.63, 3.8) is 0 Å². The average Bonchev–Trinajstić information content (AvgIpc) is 3.02. The largest absolute Gasteiger partial charge is 0.480 e. The van der Waals surface area contributed by atoms with Gasteiger partial charge in [0.2, 0.25) is 0 Å². The molecule has 22 heavy (non-hydrogen) atoms. The van der Waals surface area contributed by atoms with E-state index in [0.29, 0.717) is 32.7 Å². The molecule has 0 unspecified atom stereocenters. The Morgan fingerprint density at radius 2 is 2.27 bits per heavy atom. The summed E-state index contributed by atoms with van der Waals surface area (Å²) >= 11 is 0. The Kier molecular flexibility index (Phi) is 4.29. The highest BCUT2D eigenvalue weighted by Crippen LogP contribution is 2.21. The number of hydrogen-bond acceptors (Lipinski definition) is 3. The van der Waals surface area contributed by atoms with Crippen molar-refractivity contribution in [1.82, 2.24) is 10.2 Å². The molecule has 1 saturated heterocycles. The van der Waals surface area contributed by atoms with Crippen LogP contribution in [-0.4, -0.2) is 41.2 Å². The van der Waals surface area contributed by atoms with Crippen LogP contribution in [0, 0.1) is 0 Å². The van der Waals surface area contributed by atoms with Crippen LogP contribution >= 0.6 is 0 Å². The monoisotopic (exact) mass is 304 g/mol. The topological polar surface area (TPSA) is 78.9 Å². The molecule has 2 aliphatic rings. The number of carboxylic acid groups (broad SMARTS) is 1. The van der Waals surface area contributed by atoms with E-state index in [1.54, 1.807) is 0 Å². The predicted octanol–water partition coefficient (Wildman–Crippen LogP) is 1.52. The fourth-order valence-electron chi connectivity index (χ4n) is 3.21. The number of carboxylic acids is 1. The zero-order valence-electron chi connectivity index (χ0n) is 12.4. The van der Waals surface area contributed by atoms with E-state index in [-0.39, 0.29) is 6.03 Å². The van der Waals surface area contributed by atoms with E-state index in [2.05, 4.69) is 5.32 Å². The van der Waals surface area contributed by atoms with Gasteiger partial charge in [0.25, 0.3) is 0 Å². The number of aliphatic carboxylic acids is 1. The normalized spacial score (nSPS) is 20.5. The number of urea groups is 1. The molecule has 2 N–H and O–H groups in total. The van der Waals surface area contributed by atoms with Crippen molar-refractivity contribution in [2.24, 2.45) is 0 Å². The standard InChI is InChI=1S/C16H20N2O4/c19-15(20)14-5-2-7-18(14)16(21)17-9-11-3-1-4-12-10-22-8-6-13(11)12/h1,3-4,14H,2,5-10H2,(H,17,21)(H,19,20)/t14-/m1/s1. The van der Waals surface area contributed by atoms with Crippen LogP contribution in [0.2, 0.25) is 0 Å². The van der Waals surface area contributed by atoms with Crippen LogP contribution in [0.4, 0.5) is 4.79 Å². The molecule has 1 fully saturated rings. The Balaban J connectivity index is 1.65. The molecule has 2 heterocycles. The van der Waals surface area contributed by atoms with E-state index in [0.717, 1.165) is 18.4 Å². The number of benzene rings is 1. The number of fused-ring (bicyclic) bond motifs is 1. The van der Waals surface area contributed by atoms with Gasteiger partial charge >= 0.3 is 12.0 Å². The highest BCUT2D eigenvalue weighted by Gasteiger charge is 2.33. The van der Waals surface area contributed by atoms with Gasteiger partial charge in [0.1, 0.15) is 6.04 Å². The zero-order chi connectivity index (χ0) is 15.5. The maximum absolute atomic E-state index is 12.2. The molecule has 1 aromatic rings. The van der Waals surface area contributed by atoms with Crippen LogP contribution in [0.25, 0.3) is 0 Å². The summed E-state index contributed by atoms with van der Waals surface area (Å²) in [6, 6.07) is 5.02. The van der Waals surface area contributed by atoms with Gasteiger partial charge in [0, 0.05) is 13.1 Å². The number of carbonyl (C=O) groups is 2. The summed E-state index contributed by atoms with van der Waals surface area (Å²) < 4.78 is 5.44. The predicted molar refractivity (Wildman–Crippen MR) is 79.4 cm³/mol. The van der Waals surface area contributed by atoms with Crippen LogP contribution in [0.5, 0.6) is 0 Å². The first-order valence-corrected chi connectivity index (χ1v) is 7.61. The summed E-state index contributed by atoms with van der Waals surface area (Å²) in [6.45, 7) is 2.24. The molecule has 1 aromatic carbocycles. The summed E-state index contributed by atoms with van der Waals surface area (Å²) in [5.41, 5.74) is 3.49. The Bertz CT molecular complexity index is 588. The van der Waals surface area contributed by atoms with Crippen molar-refractivity contribution in [2.45, 2.75) is 38.5 Å². The van der Waals surface area contributed by atoms with Crippen molar-refractivity contribution < 1.29 is 19.4 Å². The van der Waals surface area contributed by atoms with E-state index in [1.165, 1.54) is 16.0 Å². The fraction of sp³-hybridized carbons (Fsp3) is 0.500. The Morgan fingerprint density at radius 1 is 1.41 bits per heavy atom. The SMILES string of the molecule is O=C(O)[C@H]1CCCN1C(=O)NCc1cccc2c1CCOC2. The molecule has 2 aliphatic heterocycles. The summed E-state index contributed by atoms with van der Waals surface area (Å²) in [7, 11) is 0. The third-order valence-corrected chi connectivity index (χ3v) is 4.35. The van der Waals surface area contributed by atoms with Crippen LogP contribution < -0.4 is 5.32 Å². The minimum atomic E-state index is -0.929. The van der Waals surface area contributed by atoms with Crippen molar-refractivity contribution in [3.05, 3.63) is 34.9 Å². The van der Waals surface area contributed by atoms with E-state index < -0.39 is 12.0 Å². The second-order valence-electron chi connectivity index (χ2n) is 5.71. The maximum atomic E-state index is 12.2. The van der Waals surface area contributed by atoms with Gasteiger partial charge in [0.15, 0.2) is 0 Å². The number of rotatable bonds is 3. The fourth-order valence-corrected chi connectivity index (χ4v) is 3.21. The number of carbonyl (C=O) groups excluding carboxylic acids is 1. The molecule has 0 aromatic heterocycles. The van der Waals surface area contributed by atoms with Crippen molar-refractivity contribution in [3.8, 4) is 0 Å². The quantitative estimate of drug-likeness (QED) is 0.887. The Labute approximate surface area is 129 Å². The number of hydrogen-bond donors (Lipinski definition) is 2. The molecule has 6 heteroatoms. The maximum Gasteiger partial charge on any atom is 0.326 e. The highest BCUT2D eigenvalue weighted by molar-refractivity contribution is 5.83. The van der Waals surface area contributed by atoms with Crippen LogP contribution in [0.15, 0.2) is 18.2 Å². The first-order valence-electron chi connectivity index (χ1n) is 7.61. The molecule has 6 nitrogen and oxygen atoms in total. The lowest BCUT2D eigenvalue weighted by molar-refractivity contribution is -0.141. The Hall–Kier alpha value is -2.08. The van der Waals surface area contributed by atoms with Crippen molar-refractivity contribution >= 4 is 12.0 Å². The van der Waals surface area contributed by atoms with Crippen LogP contribution in [0.1, 0.15) is 29.5 Å². The third kappa shape index (κ3) is 2.92. The molecule has 0 bridgehead atoms. The minimum absolute atomic E-state index is 0.297. The number of ether oxygens (including phenoxy) is 1. The van der Waals surface area contributed by atoms with Gasteiger partial charge in [-0.1, -0.05) is 18.2 Å². The van der Waals surface area contributed by atoms with Gasteiger partial charge in [-0.05, 0) is 36.0 Å². The molecule has 2 amide bonds. The number of likely N-dealkylation sites (tertiary alicyclic amines) is 1. The minimum Gasteiger partial charge on any atom is -0.480 e. The zero-order valence-corrected chi connectivity index (χ0v) is 12.4. The lowest BCUT2D eigenvalue weighted by Crippen LogP contribution is -2.45. The summed E-state index contributed by atoms with van der Waals surface area (Å²) in [5.74, 6) is -0.929. The summed E-state index contributed by atoms with van der Waals surface area (Å²) in [4.78, 5) is 24.8. The van der Waals surface area contributed by atoms with Gasteiger partial charge in [-0.15, -0.1) is 0 Å². The Morgan fingerprint density at radius 3 is 3.09 bits per heavy atom. The van der Waals surface area contributed by atoms with Crippen molar-refractivity contribution in [2.75, 3.05) is 13.2 Å². The third-order valence-electron chi connectivity index (χ3n) is 4.35. The molecular weight excluding hydrogens is 284 g/mol. The van der Waals surface area contributed by atoms with E-state index in [1.807, 2.05) is 18.2 Å². The first kappa shape index (κ1) is 14.8. The smallest absolute Gasteiger partial charge is 0.326 e. The van der Waals surface area contributed by atoms with Crippen LogP contribution in [0.3, 0.4) is 0 Å². The molecule has 1 atom stereocenters. The summed E-state index contributed by atoms with van der Waals surface area (Å²) in [5, 5.41) is 12.0. The van der Waals surface area contributed by atoms with E-state index in [4.69, 9.17) is 9.84 Å². The van der Waals surface area contributed by atoms with Gasteiger partial charge < -0.3 is 20.1 Å². The molecule has 118 valence electrons. The highest BCUT2D eigenvalue weighted by atomic mass is 16.5. The van der Waals surface area contributed by atoms with E-state index in [9.17, 15) is 9.59 Å². The van der Waals surface area contributed by atoms with E-state index >= 15 is 0 Å².